The number of likely N-dealkylation sites (tertiary alicyclic amines) is 1. The Morgan fingerprint density at radius 1 is 1.38 bits per heavy atom. The van der Waals surface area contributed by atoms with Crippen molar-refractivity contribution < 1.29 is 19.8 Å². The quantitative estimate of drug-likeness (QED) is 0.636. The highest BCUT2D eigenvalue weighted by Crippen LogP contribution is 2.38. The molecule has 1 aromatic rings. The average Bonchev–Trinajstić information content (AvgIpc) is 3.06. The van der Waals surface area contributed by atoms with Crippen LogP contribution in [-0.4, -0.2) is 51.7 Å². The van der Waals surface area contributed by atoms with Crippen molar-refractivity contribution in [3.8, 4) is 0 Å². The van der Waals surface area contributed by atoms with Gasteiger partial charge in [0.1, 0.15) is 5.71 Å². The first-order valence-corrected chi connectivity index (χ1v) is 7.03. The number of ether oxygens (including phenoxy) is 1. The Labute approximate surface area is 122 Å². The summed E-state index contributed by atoms with van der Waals surface area (Å²) in [4.78, 5) is 14.3. The van der Waals surface area contributed by atoms with Gasteiger partial charge in [0.2, 0.25) is 0 Å². The summed E-state index contributed by atoms with van der Waals surface area (Å²) < 4.78 is 5.71. The molecule has 6 nitrogen and oxygen atoms in total. The Hall–Kier alpha value is -1.92. The van der Waals surface area contributed by atoms with Gasteiger partial charge in [0.15, 0.2) is 5.60 Å². The molecule has 0 unspecified atom stereocenters. The number of carbonyl (C=O) groups excluding carboxylic acids is 1. The number of aliphatic hydroxyl groups excluding tert-OH is 1. The molecule has 112 valence electrons. The van der Waals surface area contributed by atoms with Crippen LogP contribution < -0.4 is 0 Å². The molecule has 0 aromatic heterocycles. The van der Waals surface area contributed by atoms with Crippen LogP contribution in [0.1, 0.15) is 18.4 Å². The van der Waals surface area contributed by atoms with E-state index < -0.39 is 5.60 Å². The molecule has 3 rings (SSSR count). The van der Waals surface area contributed by atoms with E-state index in [-0.39, 0.29) is 25.2 Å². The van der Waals surface area contributed by atoms with Crippen LogP contribution in [0.25, 0.3) is 0 Å². The lowest BCUT2D eigenvalue weighted by atomic mass is 9.96. The van der Waals surface area contributed by atoms with Crippen molar-refractivity contribution in [1.29, 1.82) is 0 Å². The van der Waals surface area contributed by atoms with Gasteiger partial charge in [-0.05, 0) is 18.4 Å². The molecule has 0 radical (unpaired) electrons. The summed E-state index contributed by atoms with van der Waals surface area (Å²) in [5.74, 6) is -0.185. The Balaban J connectivity index is 1.82. The van der Waals surface area contributed by atoms with Crippen molar-refractivity contribution >= 4 is 11.6 Å². The van der Waals surface area contributed by atoms with E-state index >= 15 is 0 Å². The molecule has 1 spiro atoms. The zero-order chi connectivity index (χ0) is 14.9. The lowest BCUT2D eigenvalue weighted by Crippen LogP contribution is -2.44. The van der Waals surface area contributed by atoms with Crippen LogP contribution in [0.15, 0.2) is 35.5 Å². The number of rotatable bonds is 3. The summed E-state index contributed by atoms with van der Waals surface area (Å²) in [5, 5.41) is 21.7. The molecule has 21 heavy (non-hydrogen) atoms. The fourth-order valence-electron chi connectivity index (χ4n) is 3.07. The normalized spacial score (nSPS) is 30.7. The minimum Gasteiger partial charge on any atom is -0.411 e. The molecular weight excluding hydrogens is 272 g/mol. The van der Waals surface area contributed by atoms with Gasteiger partial charge >= 0.3 is 0 Å². The molecule has 0 aliphatic carbocycles. The number of oxime groups is 1. The summed E-state index contributed by atoms with van der Waals surface area (Å²) in [6.07, 6.45) is 0.657. The Kier molecular flexibility index (Phi) is 3.65. The fraction of sp³-hybridized carbons (Fsp3) is 0.467. The van der Waals surface area contributed by atoms with Crippen LogP contribution >= 0.6 is 0 Å². The highest BCUT2D eigenvalue weighted by Gasteiger charge is 2.57. The van der Waals surface area contributed by atoms with Crippen molar-refractivity contribution in [1.82, 2.24) is 4.90 Å². The van der Waals surface area contributed by atoms with E-state index in [0.29, 0.717) is 25.1 Å². The first-order chi connectivity index (χ1) is 10.2. The van der Waals surface area contributed by atoms with E-state index in [2.05, 4.69) is 5.16 Å². The van der Waals surface area contributed by atoms with Crippen LogP contribution in [0.5, 0.6) is 0 Å². The number of hydrogen-bond donors (Lipinski definition) is 2. The van der Waals surface area contributed by atoms with Crippen LogP contribution in [0.2, 0.25) is 0 Å². The second-order valence-corrected chi connectivity index (χ2v) is 5.48. The molecule has 2 saturated heterocycles. The lowest BCUT2D eigenvalue weighted by molar-refractivity contribution is -0.145. The molecule has 1 aromatic carbocycles. The standard InChI is InChI=1S/C15H18N2O4/c18-10-12-6-7-15(21-12)13(16-20)9-17(14(15)19)8-11-4-2-1-3-5-11/h1-5,12,18,20H,6-10H2/b16-13+/t12-,15+/m0/s1. The van der Waals surface area contributed by atoms with E-state index in [4.69, 9.17) is 4.74 Å². The first kappa shape index (κ1) is 14.0. The Bertz CT molecular complexity index is 560. The van der Waals surface area contributed by atoms with Gasteiger partial charge in [-0.2, -0.15) is 0 Å². The molecule has 0 saturated carbocycles. The molecular formula is C15H18N2O4. The zero-order valence-electron chi connectivity index (χ0n) is 11.6. The highest BCUT2D eigenvalue weighted by atomic mass is 16.5. The van der Waals surface area contributed by atoms with Gasteiger partial charge < -0.3 is 20.0 Å². The monoisotopic (exact) mass is 290 g/mol. The third kappa shape index (κ3) is 2.30. The third-order valence-corrected chi connectivity index (χ3v) is 4.17. The van der Waals surface area contributed by atoms with Crippen molar-refractivity contribution in [2.45, 2.75) is 31.1 Å². The molecule has 2 atom stereocenters. The van der Waals surface area contributed by atoms with Gasteiger partial charge in [0.25, 0.3) is 5.91 Å². The van der Waals surface area contributed by atoms with Gasteiger partial charge in [-0.15, -0.1) is 0 Å². The minimum atomic E-state index is -1.18. The molecule has 2 N–H and O–H groups in total. The highest BCUT2D eigenvalue weighted by molar-refractivity contribution is 6.18. The van der Waals surface area contributed by atoms with E-state index in [1.165, 1.54) is 0 Å². The molecule has 1 amide bonds. The smallest absolute Gasteiger partial charge is 0.261 e. The molecule has 0 bridgehead atoms. The Morgan fingerprint density at radius 3 is 2.76 bits per heavy atom. The minimum absolute atomic E-state index is 0.133. The van der Waals surface area contributed by atoms with Gasteiger partial charge in [-0.25, -0.2) is 0 Å². The number of carbonyl (C=O) groups is 1. The topological polar surface area (TPSA) is 82.4 Å². The number of nitrogens with zero attached hydrogens (tertiary/aromatic N) is 2. The number of amides is 1. The molecule has 2 aliphatic rings. The number of benzene rings is 1. The van der Waals surface area contributed by atoms with Crippen LogP contribution in [0.4, 0.5) is 0 Å². The van der Waals surface area contributed by atoms with Crippen molar-refractivity contribution in [2.75, 3.05) is 13.2 Å². The van der Waals surface area contributed by atoms with E-state index in [9.17, 15) is 15.1 Å². The second-order valence-electron chi connectivity index (χ2n) is 5.48. The summed E-state index contributed by atoms with van der Waals surface area (Å²) in [6.45, 7) is 0.572. The molecule has 2 fully saturated rings. The van der Waals surface area contributed by atoms with Crippen molar-refractivity contribution in [2.24, 2.45) is 5.16 Å². The maximum Gasteiger partial charge on any atom is 0.261 e. The number of hydrogen-bond acceptors (Lipinski definition) is 5. The zero-order valence-corrected chi connectivity index (χ0v) is 11.6. The largest absolute Gasteiger partial charge is 0.411 e. The van der Waals surface area contributed by atoms with E-state index in [1.807, 2.05) is 30.3 Å². The SMILES string of the molecule is O=C1N(Cc2ccccc2)C/C(=N\O)[C@]12CC[C@@H](CO)O2. The summed E-state index contributed by atoms with van der Waals surface area (Å²) in [7, 11) is 0. The van der Waals surface area contributed by atoms with Gasteiger partial charge in [0.05, 0.1) is 19.3 Å². The van der Waals surface area contributed by atoms with Crippen LogP contribution in [-0.2, 0) is 16.1 Å². The predicted molar refractivity (Wildman–Crippen MR) is 75.0 cm³/mol. The van der Waals surface area contributed by atoms with Crippen LogP contribution in [0, 0.1) is 0 Å². The molecule has 2 heterocycles. The van der Waals surface area contributed by atoms with Crippen LogP contribution in [0.3, 0.4) is 0 Å². The summed E-state index contributed by atoms with van der Waals surface area (Å²) in [6, 6.07) is 9.64. The van der Waals surface area contributed by atoms with Gasteiger partial charge in [0, 0.05) is 6.54 Å². The second kappa shape index (κ2) is 5.46. The fourth-order valence-corrected chi connectivity index (χ4v) is 3.07. The third-order valence-electron chi connectivity index (χ3n) is 4.17. The lowest BCUT2D eigenvalue weighted by Gasteiger charge is -2.22. The Morgan fingerprint density at radius 2 is 2.14 bits per heavy atom. The van der Waals surface area contributed by atoms with Crippen molar-refractivity contribution in [3.05, 3.63) is 35.9 Å². The van der Waals surface area contributed by atoms with Gasteiger partial charge in [-0.1, -0.05) is 35.5 Å². The van der Waals surface area contributed by atoms with E-state index in [1.54, 1.807) is 4.90 Å². The average molecular weight is 290 g/mol. The maximum atomic E-state index is 12.7. The predicted octanol–water partition coefficient (Wildman–Crippen LogP) is 0.769. The molecule has 6 heteroatoms. The number of aliphatic hydroxyl groups is 1. The summed E-state index contributed by atoms with van der Waals surface area (Å²) in [5.41, 5.74) is 0.160. The maximum absolute atomic E-state index is 12.7. The van der Waals surface area contributed by atoms with Crippen molar-refractivity contribution in [3.63, 3.8) is 0 Å². The first-order valence-electron chi connectivity index (χ1n) is 7.03. The molecule has 2 aliphatic heterocycles. The van der Waals surface area contributed by atoms with Gasteiger partial charge in [-0.3, -0.25) is 4.79 Å². The van der Waals surface area contributed by atoms with E-state index in [0.717, 1.165) is 5.56 Å². The summed E-state index contributed by atoms with van der Waals surface area (Å²) >= 11 is 0.